The van der Waals surface area contributed by atoms with Crippen molar-refractivity contribution in [3.63, 3.8) is 0 Å². The molecule has 5 aromatic rings. The molecule has 8 nitrogen and oxygen atoms in total. The second-order valence-electron chi connectivity index (χ2n) is 9.19. The lowest BCUT2D eigenvalue weighted by atomic mass is 10.2. The predicted molar refractivity (Wildman–Crippen MR) is 162 cm³/mol. The van der Waals surface area contributed by atoms with Gasteiger partial charge in [-0.05, 0) is 61.0 Å². The monoisotopic (exact) mass is 586 g/mol. The fraction of sp³-hybridized carbons (Fsp3) is 0.194. The van der Waals surface area contributed by atoms with E-state index in [-0.39, 0.29) is 23.9 Å². The number of aromatic nitrogens is 2. The van der Waals surface area contributed by atoms with Crippen LogP contribution in [-0.4, -0.2) is 41.7 Å². The molecule has 2 heterocycles. The van der Waals surface area contributed by atoms with E-state index in [1.54, 1.807) is 23.2 Å². The van der Waals surface area contributed by atoms with Gasteiger partial charge in [0.15, 0.2) is 5.13 Å². The molecule has 0 spiro atoms. The van der Waals surface area contributed by atoms with Crippen molar-refractivity contribution >= 4 is 42.6 Å². The largest absolute Gasteiger partial charge is 0.492 e. The van der Waals surface area contributed by atoms with Crippen molar-refractivity contribution in [3.05, 3.63) is 114 Å². The number of para-hydroxylation sites is 1. The molecular weight excluding hydrogens is 556 g/mol. The number of fused-ring (bicyclic) bond motifs is 1. The Morgan fingerprint density at radius 3 is 2.32 bits per heavy atom. The maximum absolute atomic E-state index is 13.9. The highest BCUT2D eigenvalue weighted by Crippen LogP contribution is 2.35. The van der Waals surface area contributed by atoms with Crippen molar-refractivity contribution in [2.24, 2.45) is 0 Å². The first-order valence-electron chi connectivity index (χ1n) is 13.3. The summed E-state index contributed by atoms with van der Waals surface area (Å²) in [5.74, 6) is 0.344. The fourth-order valence-corrected chi connectivity index (χ4v) is 6.83. The fourth-order valence-electron chi connectivity index (χ4n) is 4.41. The van der Waals surface area contributed by atoms with Crippen LogP contribution in [0.2, 0.25) is 0 Å². The highest BCUT2D eigenvalue weighted by molar-refractivity contribution is 7.89. The molecule has 5 rings (SSSR count). The number of hydrogen-bond donors (Lipinski definition) is 0. The van der Waals surface area contributed by atoms with Gasteiger partial charge < -0.3 is 4.74 Å². The van der Waals surface area contributed by atoms with Gasteiger partial charge in [-0.25, -0.2) is 13.4 Å². The third-order valence-corrected chi connectivity index (χ3v) is 9.46. The number of rotatable bonds is 11. The second-order valence-corrected chi connectivity index (χ2v) is 12.1. The van der Waals surface area contributed by atoms with Gasteiger partial charge in [0.05, 0.1) is 28.4 Å². The first kappa shape index (κ1) is 28.4. The molecule has 3 aromatic carbocycles. The number of sulfonamides is 1. The summed E-state index contributed by atoms with van der Waals surface area (Å²) in [5, 5.41) is 0.500. The Morgan fingerprint density at radius 2 is 1.63 bits per heavy atom. The minimum Gasteiger partial charge on any atom is -0.492 e. The minimum absolute atomic E-state index is 0.129. The zero-order valence-corrected chi connectivity index (χ0v) is 24.4. The van der Waals surface area contributed by atoms with Crippen molar-refractivity contribution in [1.82, 2.24) is 14.3 Å². The molecule has 0 unspecified atom stereocenters. The SMILES string of the molecule is CCOc1cccc2sc(N(Cc3ccccn3)C(=O)c3ccc(S(=O)(=O)N(CC)Cc4ccccc4)cc3)nc12. The number of benzene rings is 3. The molecule has 0 N–H and O–H groups in total. The van der Waals surface area contributed by atoms with Gasteiger partial charge in [-0.3, -0.25) is 14.7 Å². The summed E-state index contributed by atoms with van der Waals surface area (Å²) in [6.07, 6.45) is 1.68. The quantitative estimate of drug-likeness (QED) is 0.184. The van der Waals surface area contributed by atoms with Gasteiger partial charge in [-0.2, -0.15) is 4.31 Å². The summed E-state index contributed by atoms with van der Waals surface area (Å²) in [5.41, 5.74) is 2.63. The molecule has 0 radical (unpaired) electrons. The summed E-state index contributed by atoms with van der Waals surface area (Å²) in [6, 6.07) is 26.8. The molecule has 0 aliphatic carbocycles. The lowest BCUT2D eigenvalue weighted by Gasteiger charge is -2.22. The highest BCUT2D eigenvalue weighted by Gasteiger charge is 2.26. The maximum atomic E-state index is 13.9. The molecule has 0 saturated heterocycles. The smallest absolute Gasteiger partial charge is 0.260 e. The van der Waals surface area contributed by atoms with Crippen molar-refractivity contribution < 1.29 is 17.9 Å². The zero-order chi connectivity index (χ0) is 28.8. The van der Waals surface area contributed by atoms with Crippen LogP contribution < -0.4 is 9.64 Å². The van der Waals surface area contributed by atoms with E-state index in [0.29, 0.717) is 40.8 Å². The average molecular weight is 587 g/mol. The van der Waals surface area contributed by atoms with E-state index in [1.165, 1.54) is 27.8 Å². The Kier molecular flexibility index (Phi) is 8.72. The molecule has 0 aliphatic heterocycles. The standard InChI is InChI=1S/C31H30N4O4S2/c1-3-34(21-23-11-6-5-7-12-23)41(37,38)26-18-16-24(17-19-26)30(36)35(22-25-13-8-9-20-32-25)31-33-29-27(39-4-2)14-10-15-28(29)40-31/h5-20H,3-4,21-22H2,1-2H3. The van der Waals surface area contributed by atoms with E-state index >= 15 is 0 Å². The molecule has 0 fully saturated rings. The third-order valence-electron chi connectivity index (χ3n) is 6.49. The van der Waals surface area contributed by atoms with Crippen LogP contribution in [0.4, 0.5) is 5.13 Å². The second kappa shape index (κ2) is 12.6. The lowest BCUT2D eigenvalue weighted by Crippen LogP contribution is -2.31. The maximum Gasteiger partial charge on any atom is 0.260 e. The van der Waals surface area contributed by atoms with Crippen molar-refractivity contribution in [2.45, 2.75) is 31.8 Å². The van der Waals surface area contributed by atoms with Gasteiger partial charge in [0, 0.05) is 24.8 Å². The Balaban J connectivity index is 1.46. The Morgan fingerprint density at radius 1 is 0.878 bits per heavy atom. The molecule has 0 bridgehead atoms. The van der Waals surface area contributed by atoms with Gasteiger partial charge in [-0.15, -0.1) is 0 Å². The first-order chi connectivity index (χ1) is 19.9. The van der Waals surface area contributed by atoms with Gasteiger partial charge in [0.25, 0.3) is 5.91 Å². The molecule has 2 aromatic heterocycles. The predicted octanol–water partition coefficient (Wildman–Crippen LogP) is 6.15. The van der Waals surface area contributed by atoms with Crippen molar-refractivity contribution in [3.8, 4) is 5.75 Å². The number of hydrogen-bond acceptors (Lipinski definition) is 7. The number of amides is 1. The van der Waals surface area contributed by atoms with E-state index in [9.17, 15) is 13.2 Å². The highest BCUT2D eigenvalue weighted by atomic mass is 32.2. The minimum atomic E-state index is -3.77. The summed E-state index contributed by atoms with van der Waals surface area (Å²) in [4.78, 5) is 24.8. The Labute approximate surface area is 243 Å². The number of ether oxygens (including phenoxy) is 1. The zero-order valence-electron chi connectivity index (χ0n) is 22.8. The topological polar surface area (TPSA) is 92.7 Å². The van der Waals surface area contributed by atoms with E-state index in [1.807, 2.05) is 80.6 Å². The molecule has 210 valence electrons. The first-order valence-corrected chi connectivity index (χ1v) is 15.5. The molecule has 1 amide bonds. The van der Waals surface area contributed by atoms with Crippen LogP contribution in [0.1, 0.15) is 35.5 Å². The average Bonchev–Trinajstić information content (AvgIpc) is 3.44. The lowest BCUT2D eigenvalue weighted by molar-refractivity contribution is 0.0984. The number of carbonyl (C=O) groups is 1. The summed E-state index contributed by atoms with van der Waals surface area (Å²) in [6.45, 7) is 5.00. The van der Waals surface area contributed by atoms with Crippen LogP contribution >= 0.6 is 11.3 Å². The number of pyridine rings is 1. The number of nitrogens with zero attached hydrogens (tertiary/aromatic N) is 4. The summed E-state index contributed by atoms with van der Waals surface area (Å²) in [7, 11) is -3.77. The molecule has 10 heteroatoms. The van der Waals surface area contributed by atoms with Crippen LogP contribution in [0, 0.1) is 0 Å². The van der Waals surface area contributed by atoms with Crippen LogP contribution in [0.15, 0.2) is 102 Å². The van der Waals surface area contributed by atoms with E-state index in [2.05, 4.69) is 4.98 Å². The van der Waals surface area contributed by atoms with Crippen molar-refractivity contribution in [2.75, 3.05) is 18.1 Å². The molecule has 0 atom stereocenters. The van der Waals surface area contributed by atoms with Crippen LogP contribution in [-0.2, 0) is 23.1 Å². The van der Waals surface area contributed by atoms with Crippen LogP contribution in [0.25, 0.3) is 10.2 Å². The third kappa shape index (κ3) is 6.30. The van der Waals surface area contributed by atoms with Crippen molar-refractivity contribution in [1.29, 1.82) is 0 Å². The number of anilines is 1. The van der Waals surface area contributed by atoms with Gasteiger partial charge in [0.1, 0.15) is 11.3 Å². The van der Waals surface area contributed by atoms with Gasteiger partial charge in [0.2, 0.25) is 10.0 Å². The summed E-state index contributed by atoms with van der Waals surface area (Å²) >= 11 is 1.39. The molecule has 41 heavy (non-hydrogen) atoms. The Bertz CT molecular complexity index is 1730. The number of carbonyl (C=O) groups excluding carboxylic acids is 1. The molecular formula is C31H30N4O4S2. The van der Waals surface area contributed by atoms with E-state index < -0.39 is 10.0 Å². The van der Waals surface area contributed by atoms with E-state index in [0.717, 1.165) is 10.3 Å². The van der Waals surface area contributed by atoms with Crippen LogP contribution in [0.3, 0.4) is 0 Å². The number of thiazole rings is 1. The van der Waals surface area contributed by atoms with Gasteiger partial charge in [-0.1, -0.05) is 60.7 Å². The van der Waals surface area contributed by atoms with Gasteiger partial charge >= 0.3 is 0 Å². The molecule has 0 saturated carbocycles. The summed E-state index contributed by atoms with van der Waals surface area (Å²) < 4.78 is 34.9. The molecule has 0 aliphatic rings. The van der Waals surface area contributed by atoms with E-state index in [4.69, 9.17) is 9.72 Å². The normalized spacial score (nSPS) is 11.6. The van der Waals surface area contributed by atoms with Crippen LogP contribution in [0.5, 0.6) is 5.75 Å². The Hall–Kier alpha value is -4.12.